The zero-order chi connectivity index (χ0) is 19.3. The Morgan fingerprint density at radius 3 is 2.54 bits per heavy atom. The van der Waals surface area contributed by atoms with E-state index in [1.165, 1.54) is 19.4 Å². The summed E-state index contributed by atoms with van der Waals surface area (Å²) in [5.74, 6) is -0.875. The first-order chi connectivity index (χ1) is 12.3. The predicted octanol–water partition coefficient (Wildman–Crippen LogP) is 3.06. The minimum atomic E-state index is -0.782. The van der Waals surface area contributed by atoms with Crippen LogP contribution in [0.4, 0.5) is 15.8 Å². The highest BCUT2D eigenvalue weighted by molar-refractivity contribution is 5.91. The number of carbonyl (C=O) groups is 1. The summed E-state index contributed by atoms with van der Waals surface area (Å²) < 4.78 is 13.8. The molecule has 1 heterocycles. The van der Waals surface area contributed by atoms with E-state index in [0.717, 1.165) is 37.3 Å². The highest BCUT2D eigenvalue weighted by Crippen LogP contribution is 2.34. The molecule has 142 valence electrons. The Hall–Kier alpha value is -2.25. The molecule has 1 aromatic carbocycles. The first-order valence-corrected chi connectivity index (χ1v) is 8.77. The van der Waals surface area contributed by atoms with E-state index in [1.807, 2.05) is 18.1 Å². The number of anilines is 1. The maximum Gasteiger partial charge on any atom is 0.189 e. The quantitative estimate of drug-likeness (QED) is 0.444. The lowest BCUT2D eigenvalue weighted by Crippen LogP contribution is -2.46. The summed E-state index contributed by atoms with van der Waals surface area (Å²) in [6, 6.07) is 6.17. The van der Waals surface area contributed by atoms with Gasteiger partial charge in [0.1, 0.15) is 0 Å². The molecule has 0 bridgehead atoms. The van der Waals surface area contributed by atoms with E-state index < -0.39 is 11.6 Å². The summed E-state index contributed by atoms with van der Waals surface area (Å²) in [5.41, 5.74) is 5.91. The van der Waals surface area contributed by atoms with Crippen molar-refractivity contribution in [3.05, 3.63) is 35.3 Å². The average Bonchev–Trinajstić information content (AvgIpc) is 2.66. The van der Waals surface area contributed by atoms with Crippen molar-refractivity contribution in [2.45, 2.75) is 32.6 Å². The summed E-state index contributed by atoms with van der Waals surface area (Å²) >= 11 is 0. The van der Waals surface area contributed by atoms with Crippen LogP contribution < -0.4 is 15.8 Å². The van der Waals surface area contributed by atoms with Gasteiger partial charge in [-0.25, -0.2) is 4.39 Å². The lowest BCUT2D eigenvalue weighted by Gasteiger charge is -2.33. The van der Waals surface area contributed by atoms with Crippen molar-refractivity contribution in [2.75, 3.05) is 32.2 Å². The summed E-state index contributed by atoms with van der Waals surface area (Å²) in [5, 5.41) is 6.82. The highest BCUT2D eigenvalue weighted by atomic mass is 19.1. The molecule has 2 rings (SSSR count). The molecule has 0 atom stereocenters. The van der Waals surface area contributed by atoms with Crippen LogP contribution in [0.15, 0.2) is 34.7 Å². The molecule has 0 aliphatic carbocycles. The van der Waals surface area contributed by atoms with Gasteiger partial charge in [-0.1, -0.05) is 6.07 Å². The van der Waals surface area contributed by atoms with Gasteiger partial charge >= 0.3 is 0 Å². The van der Waals surface area contributed by atoms with Crippen molar-refractivity contribution in [1.82, 2.24) is 15.9 Å². The normalized spacial score (nSPS) is 16.2. The lowest BCUT2D eigenvalue weighted by atomic mass is 9.90. The van der Waals surface area contributed by atoms with Crippen LogP contribution in [0.25, 0.3) is 0 Å². The fourth-order valence-corrected chi connectivity index (χ4v) is 3.13. The Labute approximate surface area is 154 Å². The molecule has 0 aromatic heterocycles. The fraction of sp³-hybridized carbons (Fsp3) is 0.474. The zero-order valence-electron chi connectivity index (χ0n) is 16.0. The number of hydrogen-bond donors (Lipinski definition) is 2. The molecule has 1 aliphatic heterocycles. The number of aliphatic imine (C=N–C) groups is 1. The van der Waals surface area contributed by atoms with E-state index in [9.17, 15) is 9.18 Å². The van der Waals surface area contributed by atoms with E-state index in [1.54, 1.807) is 12.2 Å². The predicted molar refractivity (Wildman–Crippen MR) is 104 cm³/mol. The van der Waals surface area contributed by atoms with Crippen molar-refractivity contribution in [3.8, 4) is 0 Å². The van der Waals surface area contributed by atoms with E-state index >= 15 is 0 Å². The van der Waals surface area contributed by atoms with Crippen LogP contribution in [-0.2, 0) is 4.79 Å². The lowest BCUT2D eigenvalue weighted by molar-refractivity contribution is -0.115. The number of hydrazine groups is 2. The number of nitrogens with one attached hydrogen (secondary N) is 2. The summed E-state index contributed by atoms with van der Waals surface area (Å²) in [7, 11) is 3.60. The number of nitrogens with zero attached hydrogens (tertiary/aromatic N) is 3. The summed E-state index contributed by atoms with van der Waals surface area (Å²) in [6.07, 6.45) is 2.20. The van der Waals surface area contributed by atoms with Gasteiger partial charge in [0.25, 0.3) is 0 Å². The van der Waals surface area contributed by atoms with E-state index in [4.69, 9.17) is 0 Å². The number of halogens is 1. The van der Waals surface area contributed by atoms with E-state index in [0.29, 0.717) is 5.92 Å². The van der Waals surface area contributed by atoms with Crippen LogP contribution in [0.2, 0.25) is 0 Å². The molecule has 6 nitrogen and oxygen atoms in total. The van der Waals surface area contributed by atoms with Crippen LogP contribution in [0.5, 0.6) is 0 Å². The van der Waals surface area contributed by atoms with Gasteiger partial charge in [-0.05, 0) is 63.2 Å². The van der Waals surface area contributed by atoms with Crippen LogP contribution in [-0.4, -0.2) is 44.8 Å². The summed E-state index contributed by atoms with van der Waals surface area (Å²) in [4.78, 5) is 15.3. The van der Waals surface area contributed by atoms with Crippen molar-refractivity contribution < 1.29 is 9.18 Å². The van der Waals surface area contributed by atoms with Gasteiger partial charge in [0.15, 0.2) is 11.6 Å². The van der Waals surface area contributed by atoms with Crippen molar-refractivity contribution >= 4 is 23.9 Å². The third-order valence-electron chi connectivity index (χ3n) is 4.75. The number of allylic oxidation sites excluding steroid dienone is 2. The Morgan fingerprint density at radius 2 is 1.96 bits per heavy atom. The second-order valence-corrected chi connectivity index (χ2v) is 6.58. The Balaban J connectivity index is 2.25. The van der Waals surface area contributed by atoms with Gasteiger partial charge in [-0.3, -0.25) is 14.8 Å². The smallest absolute Gasteiger partial charge is 0.189 e. The molecule has 1 saturated heterocycles. The monoisotopic (exact) mass is 361 g/mol. The fourth-order valence-electron chi connectivity index (χ4n) is 3.13. The molecule has 0 spiro atoms. The number of rotatable bonds is 7. The number of hydrogen-bond acceptors (Lipinski definition) is 6. The van der Waals surface area contributed by atoms with Crippen LogP contribution in [0.3, 0.4) is 0 Å². The van der Waals surface area contributed by atoms with Crippen molar-refractivity contribution in [1.29, 1.82) is 0 Å². The van der Waals surface area contributed by atoms with Gasteiger partial charge in [-0.15, -0.1) is 5.12 Å². The van der Waals surface area contributed by atoms with Crippen LogP contribution in [0, 0.1) is 0 Å². The van der Waals surface area contributed by atoms with Crippen molar-refractivity contribution in [3.63, 3.8) is 0 Å². The Morgan fingerprint density at radius 1 is 1.31 bits per heavy atom. The molecule has 2 N–H and O–H groups in total. The summed E-state index contributed by atoms with van der Waals surface area (Å²) in [6.45, 7) is 8.42. The second kappa shape index (κ2) is 8.91. The standard InChI is InChI=1S/C19H28FN5O/c1-13(19(20)14(2)26)23-25(5)24(4)18-12-16(6-7-17(18)21-3)15-8-10-22-11-9-15/h6-7,12,15,22-23H,3,8-11H2,1-2,4-5H3. The second-order valence-electron chi connectivity index (χ2n) is 6.58. The van der Waals surface area contributed by atoms with Crippen LogP contribution in [0.1, 0.15) is 38.2 Å². The van der Waals surface area contributed by atoms with Gasteiger partial charge in [0.2, 0.25) is 0 Å². The molecule has 1 aliphatic rings. The largest absolute Gasteiger partial charge is 0.317 e. The number of Topliss-reactive ketones (excluding diaryl/α,β-unsaturated/α-hetero) is 1. The van der Waals surface area contributed by atoms with Gasteiger partial charge in [-0.2, -0.15) is 0 Å². The number of ketones is 1. The third-order valence-corrected chi connectivity index (χ3v) is 4.75. The molecule has 1 aromatic rings. The first kappa shape index (κ1) is 20.1. The molecular weight excluding hydrogens is 333 g/mol. The Bertz CT molecular complexity index is 697. The molecular formula is C19H28FN5O. The molecule has 0 saturated carbocycles. The highest BCUT2D eigenvalue weighted by Gasteiger charge is 2.19. The average molecular weight is 361 g/mol. The van der Waals surface area contributed by atoms with E-state index in [2.05, 4.69) is 34.6 Å². The molecule has 7 heteroatoms. The van der Waals surface area contributed by atoms with Crippen LogP contribution >= 0.6 is 0 Å². The molecule has 1 fully saturated rings. The van der Waals surface area contributed by atoms with Gasteiger partial charge < -0.3 is 10.7 Å². The number of carbonyl (C=O) groups excluding carboxylic acids is 1. The Kier molecular flexibility index (Phi) is 6.88. The minimum absolute atomic E-state index is 0.162. The maximum absolute atomic E-state index is 13.8. The minimum Gasteiger partial charge on any atom is -0.317 e. The molecule has 26 heavy (non-hydrogen) atoms. The topological polar surface area (TPSA) is 60.0 Å². The van der Waals surface area contributed by atoms with Gasteiger partial charge in [0, 0.05) is 21.0 Å². The zero-order valence-corrected chi connectivity index (χ0v) is 16.0. The molecule has 0 amide bonds. The number of benzene rings is 1. The third kappa shape index (κ3) is 4.68. The van der Waals surface area contributed by atoms with Gasteiger partial charge in [0.05, 0.1) is 17.1 Å². The first-order valence-electron chi connectivity index (χ1n) is 8.77. The number of piperidine rings is 1. The van der Waals surface area contributed by atoms with E-state index in [-0.39, 0.29) is 5.70 Å². The molecule has 0 radical (unpaired) electrons. The maximum atomic E-state index is 13.8. The van der Waals surface area contributed by atoms with Crippen molar-refractivity contribution in [2.24, 2.45) is 4.99 Å². The SMILES string of the molecule is C=Nc1ccc(C2CCNCC2)cc1N(C)N(C)NC(C)=C(F)C(C)=O. The molecule has 0 unspecified atom stereocenters.